The molecule has 1 nitrogen and oxygen atoms in total. The smallest absolute Gasteiger partial charge is 0.155 e. The summed E-state index contributed by atoms with van der Waals surface area (Å²) in [7, 11) is 0. The minimum Gasteiger partial charge on any atom is -0.295 e. The molecule has 66 valence electrons. The van der Waals surface area contributed by atoms with Crippen LogP contribution in [0.2, 0.25) is 0 Å². The predicted molar refractivity (Wildman–Crippen MR) is 48.9 cm³/mol. The highest BCUT2D eigenvalue weighted by Gasteiger charge is 2.23. The maximum atomic E-state index is 11.3. The Morgan fingerprint density at radius 3 is 2.50 bits per heavy atom. The molecule has 0 aromatic heterocycles. The number of carbonyl (C=O) groups is 1. The quantitative estimate of drug-likeness (QED) is 0.582. The van der Waals surface area contributed by atoms with Gasteiger partial charge in [0.05, 0.1) is 0 Å². The maximum Gasteiger partial charge on any atom is 0.155 e. The van der Waals surface area contributed by atoms with Crippen LogP contribution in [0.1, 0.15) is 44.9 Å². The number of rotatable bonds is 1. The van der Waals surface area contributed by atoms with Crippen molar-refractivity contribution >= 4 is 5.78 Å². The molecule has 0 N–H and O–H groups in total. The molecule has 2 aliphatic carbocycles. The number of hydrogen-bond donors (Lipinski definition) is 0. The zero-order valence-electron chi connectivity index (χ0n) is 7.51. The molecule has 0 atom stereocenters. The topological polar surface area (TPSA) is 17.1 Å². The molecule has 12 heavy (non-hydrogen) atoms. The monoisotopic (exact) mass is 164 g/mol. The average Bonchev–Trinajstić information content (AvgIpc) is 2.10. The minimum atomic E-state index is 0.370. The number of carbonyl (C=O) groups excluding carboxylic acids is 1. The summed E-state index contributed by atoms with van der Waals surface area (Å²) in [6, 6.07) is 0. The summed E-state index contributed by atoms with van der Waals surface area (Å²) in [6.45, 7) is 0. The average molecular weight is 164 g/mol. The Bertz CT molecular complexity index is 211. The van der Waals surface area contributed by atoms with Crippen LogP contribution in [0.3, 0.4) is 0 Å². The third-order valence-corrected chi connectivity index (χ3v) is 3.11. The van der Waals surface area contributed by atoms with Gasteiger partial charge in [0, 0.05) is 6.42 Å². The molecule has 0 radical (unpaired) electrons. The first kappa shape index (κ1) is 8.03. The summed E-state index contributed by atoms with van der Waals surface area (Å²) >= 11 is 0. The normalized spacial score (nSPS) is 26.0. The van der Waals surface area contributed by atoms with Crippen molar-refractivity contribution in [3.63, 3.8) is 0 Å². The summed E-state index contributed by atoms with van der Waals surface area (Å²) in [6.07, 6.45) is 10.3. The van der Waals surface area contributed by atoms with Gasteiger partial charge in [0.2, 0.25) is 0 Å². The van der Waals surface area contributed by atoms with Crippen molar-refractivity contribution in [3.8, 4) is 0 Å². The molecule has 0 aromatic carbocycles. The first-order valence-electron chi connectivity index (χ1n) is 5.09. The van der Waals surface area contributed by atoms with Gasteiger partial charge in [-0.15, -0.1) is 0 Å². The van der Waals surface area contributed by atoms with E-state index in [4.69, 9.17) is 0 Å². The summed E-state index contributed by atoms with van der Waals surface area (Å²) in [5.74, 6) is 1.15. The Kier molecular flexibility index (Phi) is 2.29. The van der Waals surface area contributed by atoms with Gasteiger partial charge in [-0.1, -0.05) is 12.0 Å². The van der Waals surface area contributed by atoms with Crippen LogP contribution in [0.25, 0.3) is 0 Å². The van der Waals surface area contributed by atoms with Gasteiger partial charge in [-0.25, -0.2) is 0 Å². The molecular weight excluding hydrogens is 148 g/mol. The lowest BCUT2D eigenvalue weighted by Crippen LogP contribution is -2.14. The minimum absolute atomic E-state index is 0.370. The Morgan fingerprint density at radius 2 is 1.83 bits per heavy atom. The first-order valence-corrected chi connectivity index (χ1v) is 5.09. The molecule has 1 saturated carbocycles. The SMILES string of the molecule is O=C1C=C(C2CCC2)CCCC1. The highest BCUT2D eigenvalue weighted by Crippen LogP contribution is 2.36. The van der Waals surface area contributed by atoms with E-state index in [2.05, 4.69) is 0 Å². The van der Waals surface area contributed by atoms with Crippen molar-refractivity contribution in [1.82, 2.24) is 0 Å². The van der Waals surface area contributed by atoms with Crippen LogP contribution in [-0.4, -0.2) is 5.78 Å². The lowest BCUT2D eigenvalue weighted by atomic mass is 9.78. The highest BCUT2D eigenvalue weighted by molar-refractivity contribution is 5.90. The van der Waals surface area contributed by atoms with E-state index in [1.54, 1.807) is 0 Å². The Labute approximate surface area is 73.8 Å². The molecule has 1 heteroatoms. The summed E-state index contributed by atoms with van der Waals surface area (Å²) in [5, 5.41) is 0. The van der Waals surface area contributed by atoms with Crippen LogP contribution >= 0.6 is 0 Å². The van der Waals surface area contributed by atoms with Gasteiger partial charge in [-0.2, -0.15) is 0 Å². The van der Waals surface area contributed by atoms with E-state index in [1.165, 1.54) is 37.7 Å². The second-order valence-electron chi connectivity index (χ2n) is 4.02. The first-order chi connectivity index (χ1) is 5.86. The van der Waals surface area contributed by atoms with Gasteiger partial charge < -0.3 is 0 Å². The van der Waals surface area contributed by atoms with E-state index < -0.39 is 0 Å². The molecule has 2 aliphatic rings. The van der Waals surface area contributed by atoms with E-state index in [-0.39, 0.29) is 0 Å². The number of hydrogen-bond acceptors (Lipinski definition) is 1. The standard InChI is InChI=1S/C11H16O/c12-11-7-2-1-4-10(8-11)9-5-3-6-9/h8-9H,1-7H2. The third-order valence-electron chi connectivity index (χ3n) is 3.11. The van der Waals surface area contributed by atoms with Crippen LogP contribution in [0.15, 0.2) is 11.6 Å². The van der Waals surface area contributed by atoms with Crippen LogP contribution in [0.4, 0.5) is 0 Å². The van der Waals surface area contributed by atoms with Crippen molar-refractivity contribution < 1.29 is 4.79 Å². The zero-order chi connectivity index (χ0) is 8.39. The lowest BCUT2D eigenvalue weighted by molar-refractivity contribution is -0.114. The Balaban J connectivity index is 2.04. The Hall–Kier alpha value is -0.590. The number of allylic oxidation sites excluding steroid dienone is 2. The fourth-order valence-electron chi connectivity index (χ4n) is 2.08. The van der Waals surface area contributed by atoms with E-state index in [0.29, 0.717) is 5.78 Å². The zero-order valence-corrected chi connectivity index (χ0v) is 7.51. The fraction of sp³-hybridized carbons (Fsp3) is 0.727. The van der Waals surface area contributed by atoms with Crippen LogP contribution in [0.5, 0.6) is 0 Å². The van der Waals surface area contributed by atoms with Gasteiger partial charge in [0.1, 0.15) is 0 Å². The summed E-state index contributed by atoms with van der Waals surface area (Å²) in [4.78, 5) is 11.3. The van der Waals surface area contributed by atoms with Gasteiger partial charge >= 0.3 is 0 Å². The molecule has 0 aliphatic heterocycles. The summed E-state index contributed by atoms with van der Waals surface area (Å²) < 4.78 is 0. The van der Waals surface area contributed by atoms with Gasteiger partial charge in [0.25, 0.3) is 0 Å². The largest absolute Gasteiger partial charge is 0.295 e. The molecular formula is C11H16O. The van der Waals surface area contributed by atoms with Gasteiger partial charge in [-0.3, -0.25) is 4.79 Å². The van der Waals surface area contributed by atoms with Crippen LogP contribution in [0, 0.1) is 5.92 Å². The molecule has 2 rings (SSSR count). The molecule has 1 fully saturated rings. The molecule has 0 saturated heterocycles. The van der Waals surface area contributed by atoms with Crippen LogP contribution < -0.4 is 0 Å². The predicted octanol–water partition coefficient (Wildman–Crippen LogP) is 2.86. The van der Waals surface area contributed by atoms with E-state index in [1.807, 2.05) is 6.08 Å². The van der Waals surface area contributed by atoms with Gasteiger partial charge in [-0.05, 0) is 44.1 Å². The van der Waals surface area contributed by atoms with Crippen LogP contribution in [-0.2, 0) is 4.79 Å². The Morgan fingerprint density at radius 1 is 1.08 bits per heavy atom. The highest BCUT2D eigenvalue weighted by atomic mass is 16.1. The van der Waals surface area contributed by atoms with Gasteiger partial charge in [0.15, 0.2) is 5.78 Å². The molecule has 0 bridgehead atoms. The van der Waals surface area contributed by atoms with E-state index in [0.717, 1.165) is 18.8 Å². The van der Waals surface area contributed by atoms with Crippen molar-refractivity contribution in [1.29, 1.82) is 0 Å². The molecule has 0 aromatic rings. The molecule has 0 amide bonds. The molecule has 0 unspecified atom stereocenters. The third kappa shape index (κ3) is 1.60. The van der Waals surface area contributed by atoms with Crippen molar-refractivity contribution in [2.45, 2.75) is 44.9 Å². The maximum absolute atomic E-state index is 11.3. The van der Waals surface area contributed by atoms with E-state index >= 15 is 0 Å². The fourth-order valence-corrected chi connectivity index (χ4v) is 2.08. The second kappa shape index (κ2) is 3.42. The van der Waals surface area contributed by atoms with Crippen molar-refractivity contribution in [2.24, 2.45) is 5.92 Å². The summed E-state index contributed by atoms with van der Waals surface area (Å²) in [5.41, 5.74) is 1.46. The second-order valence-corrected chi connectivity index (χ2v) is 4.02. The molecule has 0 spiro atoms. The molecule has 0 heterocycles. The number of ketones is 1. The lowest BCUT2D eigenvalue weighted by Gasteiger charge is -2.27. The van der Waals surface area contributed by atoms with Crippen molar-refractivity contribution in [3.05, 3.63) is 11.6 Å². The van der Waals surface area contributed by atoms with E-state index in [9.17, 15) is 4.79 Å². The van der Waals surface area contributed by atoms with Crippen molar-refractivity contribution in [2.75, 3.05) is 0 Å².